The van der Waals surface area contributed by atoms with Crippen LogP contribution in [0.4, 0.5) is 9.59 Å². The summed E-state index contributed by atoms with van der Waals surface area (Å²) in [5.74, 6) is -0.367. The van der Waals surface area contributed by atoms with Crippen LogP contribution in [0.15, 0.2) is 36.5 Å². The highest BCUT2D eigenvalue weighted by Gasteiger charge is 2.54. The van der Waals surface area contributed by atoms with Gasteiger partial charge < -0.3 is 35.8 Å². The van der Waals surface area contributed by atoms with E-state index in [1.807, 2.05) is 30.3 Å². The topological polar surface area (TPSA) is 197 Å². The molecule has 2 aliphatic rings. The van der Waals surface area contributed by atoms with Gasteiger partial charge in [0.05, 0.1) is 11.7 Å². The molecule has 0 saturated carbocycles. The van der Waals surface area contributed by atoms with Gasteiger partial charge in [-0.2, -0.15) is 0 Å². The zero-order chi connectivity index (χ0) is 40.1. The van der Waals surface area contributed by atoms with Crippen LogP contribution in [0.5, 0.6) is 0 Å². The molecule has 16 nitrogen and oxygen atoms in total. The quantitative estimate of drug-likeness (QED) is 0.129. The lowest BCUT2D eigenvalue weighted by atomic mass is 10.1. The predicted molar refractivity (Wildman–Crippen MR) is 208 cm³/mol. The third kappa shape index (κ3) is 13.2. The lowest BCUT2D eigenvalue weighted by Gasteiger charge is -2.28. The second kappa shape index (κ2) is 20.3. The van der Waals surface area contributed by atoms with Gasteiger partial charge in [0.15, 0.2) is 0 Å². The first kappa shape index (κ1) is 43.1. The van der Waals surface area contributed by atoms with Crippen molar-refractivity contribution in [3.05, 3.63) is 47.8 Å². The van der Waals surface area contributed by atoms with Crippen LogP contribution < -0.4 is 21.3 Å². The molecular formula is C38H57N9O7S. The summed E-state index contributed by atoms with van der Waals surface area (Å²) in [7, 11) is 1.51. The first-order valence-corrected chi connectivity index (χ1v) is 20.1. The molecule has 0 aliphatic carbocycles. The van der Waals surface area contributed by atoms with E-state index in [0.717, 1.165) is 18.4 Å². The van der Waals surface area contributed by atoms with Crippen LogP contribution >= 0.6 is 11.8 Å². The van der Waals surface area contributed by atoms with Crippen molar-refractivity contribution in [3.63, 3.8) is 0 Å². The molecule has 55 heavy (non-hydrogen) atoms. The molecule has 0 spiro atoms. The van der Waals surface area contributed by atoms with E-state index in [9.17, 15) is 28.8 Å². The molecule has 6 amide bonds. The fourth-order valence-corrected chi connectivity index (χ4v) is 7.44. The van der Waals surface area contributed by atoms with Gasteiger partial charge in [-0.05, 0) is 64.4 Å². The van der Waals surface area contributed by atoms with Gasteiger partial charge in [0.25, 0.3) is 5.24 Å². The monoisotopic (exact) mass is 783 g/mol. The number of amides is 6. The van der Waals surface area contributed by atoms with Crippen molar-refractivity contribution in [1.29, 1.82) is 0 Å². The molecule has 1 aromatic heterocycles. The Kier molecular flexibility index (Phi) is 15.9. The normalized spacial score (nSPS) is 18.9. The molecule has 0 bridgehead atoms. The smallest absolute Gasteiger partial charge is 0.408 e. The maximum Gasteiger partial charge on any atom is 0.408 e. The van der Waals surface area contributed by atoms with Crippen molar-refractivity contribution < 1.29 is 33.5 Å². The van der Waals surface area contributed by atoms with Crippen LogP contribution in [0.25, 0.3) is 0 Å². The Balaban J connectivity index is 1.33. The summed E-state index contributed by atoms with van der Waals surface area (Å²) in [4.78, 5) is 80.9. The number of unbranched alkanes of at least 4 members (excludes halogenated alkanes) is 1. The Morgan fingerprint density at radius 3 is 2.47 bits per heavy atom. The molecule has 1 aromatic carbocycles. The van der Waals surface area contributed by atoms with Gasteiger partial charge in [-0.25, -0.2) is 4.79 Å². The Labute approximate surface area is 327 Å². The van der Waals surface area contributed by atoms with Gasteiger partial charge in [0.2, 0.25) is 23.6 Å². The van der Waals surface area contributed by atoms with Gasteiger partial charge in [0, 0.05) is 45.1 Å². The number of aromatic nitrogens is 3. The second-order valence-electron chi connectivity index (χ2n) is 15.2. The number of hydrogen-bond acceptors (Lipinski definition) is 10. The van der Waals surface area contributed by atoms with Gasteiger partial charge in [0.1, 0.15) is 30.3 Å². The summed E-state index contributed by atoms with van der Waals surface area (Å²) in [6, 6.07) is 7.26. The van der Waals surface area contributed by atoms with E-state index in [2.05, 4.69) is 45.4 Å². The molecule has 17 heteroatoms. The van der Waals surface area contributed by atoms with Crippen LogP contribution in [0.3, 0.4) is 0 Å². The van der Waals surface area contributed by atoms with Crippen LogP contribution in [0.2, 0.25) is 0 Å². The van der Waals surface area contributed by atoms with Crippen molar-refractivity contribution in [2.45, 2.75) is 122 Å². The summed E-state index contributed by atoms with van der Waals surface area (Å²) in [5, 5.41) is 19.1. The average Bonchev–Trinajstić information content (AvgIpc) is 3.42. The van der Waals surface area contributed by atoms with E-state index in [-0.39, 0.29) is 29.5 Å². The number of carbonyl (C=O) groups excluding carboxylic acids is 6. The van der Waals surface area contributed by atoms with Crippen molar-refractivity contribution in [3.8, 4) is 0 Å². The van der Waals surface area contributed by atoms with Crippen LogP contribution in [-0.2, 0) is 43.4 Å². The highest BCUT2D eigenvalue weighted by atomic mass is 32.2. The number of ether oxygens (including phenoxy) is 1. The van der Waals surface area contributed by atoms with Crippen molar-refractivity contribution in [2.24, 2.45) is 5.92 Å². The zero-order valence-electron chi connectivity index (χ0n) is 32.8. The van der Waals surface area contributed by atoms with Crippen LogP contribution in [0.1, 0.15) is 84.4 Å². The van der Waals surface area contributed by atoms with Crippen LogP contribution in [0, 0.1) is 5.92 Å². The third-order valence-corrected chi connectivity index (χ3v) is 10.7. The van der Waals surface area contributed by atoms with Gasteiger partial charge in [-0.1, -0.05) is 67.6 Å². The molecule has 2 saturated heterocycles. The number of benzene rings is 1. The molecule has 5 atom stereocenters. The molecule has 0 radical (unpaired) electrons. The second-order valence-corrected chi connectivity index (χ2v) is 16.1. The van der Waals surface area contributed by atoms with Gasteiger partial charge in [-0.3, -0.25) is 28.7 Å². The lowest BCUT2D eigenvalue weighted by Crippen LogP contribution is -2.55. The van der Waals surface area contributed by atoms with E-state index in [1.54, 1.807) is 36.5 Å². The largest absolute Gasteiger partial charge is 0.444 e. The first-order valence-electron chi connectivity index (χ1n) is 19.1. The summed E-state index contributed by atoms with van der Waals surface area (Å²) < 4.78 is 6.86. The summed E-state index contributed by atoms with van der Waals surface area (Å²) in [6.07, 6.45) is 5.18. The number of thioether (sulfide) groups is 1. The first-order chi connectivity index (χ1) is 26.2. The number of likely N-dealkylation sites (tertiary alicyclic amines) is 1. The molecule has 1 unspecified atom stereocenters. The van der Waals surface area contributed by atoms with E-state index in [4.69, 9.17) is 4.74 Å². The molecule has 2 fully saturated rings. The average molecular weight is 784 g/mol. The van der Waals surface area contributed by atoms with Crippen molar-refractivity contribution in [2.75, 3.05) is 25.9 Å². The number of alkyl carbamates (subject to hydrolysis) is 1. The zero-order valence-corrected chi connectivity index (χ0v) is 33.7. The maximum absolute atomic E-state index is 13.8. The SMILES string of the molecule is CC[C@H](C)CSC(=O)N1C(CCCCn2cc(C[C@H](NC(=O)CNC(=O)OC(C)(C)C)C(=O)N3CCC[C@H]3C(=O)NC)nn2)[C@H]1C(=O)NCc1ccccc1. The minimum absolute atomic E-state index is 0.0151. The van der Waals surface area contributed by atoms with Gasteiger partial charge >= 0.3 is 6.09 Å². The fraction of sp³-hybridized carbons (Fsp3) is 0.632. The molecule has 2 aliphatic heterocycles. The highest BCUT2D eigenvalue weighted by Crippen LogP contribution is 2.37. The molecule has 4 rings (SSSR count). The number of carbonyl (C=O) groups is 6. The Hall–Kier alpha value is -4.67. The van der Waals surface area contributed by atoms with E-state index < -0.39 is 48.2 Å². The lowest BCUT2D eigenvalue weighted by molar-refractivity contribution is -0.141. The van der Waals surface area contributed by atoms with E-state index in [0.29, 0.717) is 62.7 Å². The van der Waals surface area contributed by atoms with Crippen LogP contribution in [-0.4, -0.2) is 115 Å². The molecule has 302 valence electrons. The number of nitrogens with one attached hydrogen (secondary N) is 4. The van der Waals surface area contributed by atoms with Crippen molar-refractivity contribution in [1.82, 2.24) is 46.1 Å². The highest BCUT2D eigenvalue weighted by molar-refractivity contribution is 8.13. The van der Waals surface area contributed by atoms with E-state index in [1.165, 1.54) is 23.7 Å². The number of rotatable bonds is 18. The standard InChI is InChI=1S/C38H57N9O7S/c1-7-25(2)24-55-37(53)47-29(32(47)34(50)40-21-26-14-9-8-10-15-26)16-11-12-18-45-23-27(43-44-45)20-28(35(51)46-19-13-17-30(46)33(49)39-6)42-31(48)22-41-36(52)54-38(3,4)5/h8-10,14-15,23,25,28-30,32H,7,11-13,16-22,24H2,1-6H3,(H,39,49)(H,40,50)(H,41,52)(H,42,48)/t25-,28-,29?,30-,32-,47?/m0/s1. The summed E-state index contributed by atoms with van der Waals surface area (Å²) in [5.41, 5.74) is 0.698. The molecule has 2 aromatic rings. The maximum atomic E-state index is 13.8. The summed E-state index contributed by atoms with van der Waals surface area (Å²) >= 11 is 1.27. The Morgan fingerprint density at radius 2 is 1.78 bits per heavy atom. The number of hydrogen-bond donors (Lipinski definition) is 4. The van der Waals surface area contributed by atoms with E-state index >= 15 is 0 Å². The predicted octanol–water partition coefficient (Wildman–Crippen LogP) is 3.01. The summed E-state index contributed by atoms with van der Waals surface area (Å²) in [6.45, 7) is 10.2. The number of nitrogens with zero attached hydrogens (tertiary/aromatic N) is 5. The number of likely N-dealkylation sites (N-methyl/N-ethyl adjacent to an activating group) is 1. The fourth-order valence-electron chi connectivity index (χ4n) is 6.38. The minimum atomic E-state index is -1.06. The molecule has 4 N–H and O–H groups in total. The minimum Gasteiger partial charge on any atom is -0.444 e. The number of aryl methyl sites for hydroxylation is 1. The Morgan fingerprint density at radius 1 is 1.04 bits per heavy atom. The van der Waals surface area contributed by atoms with Gasteiger partial charge in [-0.15, -0.1) is 5.10 Å². The Bertz CT molecular complexity index is 1630. The molecule has 3 heterocycles. The molecular weight excluding hydrogens is 727 g/mol. The van der Waals surface area contributed by atoms with Crippen molar-refractivity contribution >= 4 is 46.7 Å². The third-order valence-electron chi connectivity index (χ3n) is 9.56.